The number of carbonyl (C=O) groups is 1. The van der Waals surface area contributed by atoms with E-state index in [4.69, 9.17) is 26.1 Å². The highest BCUT2D eigenvalue weighted by atomic mass is 79.9. The van der Waals surface area contributed by atoms with Gasteiger partial charge in [0, 0.05) is 20.4 Å². The molecular formula is C29H26Br2ClN3O5. The smallest absolute Gasteiger partial charge is 0.335 e. The summed E-state index contributed by atoms with van der Waals surface area (Å²) in [7, 11) is 0. The summed E-state index contributed by atoms with van der Waals surface area (Å²) in [5.74, 6) is 0.185. The molecule has 3 aromatic carbocycles. The molecule has 8 nitrogen and oxygen atoms in total. The normalized spacial score (nSPS) is 12.2. The molecule has 1 aromatic heterocycles. The van der Waals surface area contributed by atoms with Gasteiger partial charge < -0.3 is 14.6 Å². The zero-order valence-corrected chi connectivity index (χ0v) is 25.9. The third kappa shape index (κ3) is 6.40. The van der Waals surface area contributed by atoms with Crippen LogP contribution in [0.4, 0.5) is 0 Å². The van der Waals surface area contributed by atoms with E-state index in [9.17, 15) is 14.7 Å². The van der Waals surface area contributed by atoms with Crippen molar-refractivity contribution >= 4 is 66.5 Å². The van der Waals surface area contributed by atoms with Crippen molar-refractivity contribution in [3.63, 3.8) is 0 Å². The van der Waals surface area contributed by atoms with Crippen LogP contribution in [0.3, 0.4) is 0 Å². The van der Waals surface area contributed by atoms with E-state index in [0.29, 0.717) is 50.4 Å². The topological polar surface area (TPSA) is 103 Å². The maximum atomic E-state index is 13.5. The summed E-state index contributed by atoms with van der Waals surface area (Å²) in [5, 5.41) is 14.5. The Hall–Kier alpha value is -3.21. The number of carboxylic acids is 1. The zero-order chi connectivity index (χ0) is 29.0. The van der Waals surface area contributed by atoms with Gasteiger partial charge in [-0.2, -0.15) is 9.78 Å². The number of nitrogens with zero attached hydrogens (tertiary/aromatic N) is 3. The number of aromatic nitrogens is 2. The molecule has 0 aliphatic rings. The summed E-state index contributed by atoms with van der Waals surface area (Å²) in [6.07, 6.45) is 2.30. The number of hydrogen-bond acceptors (Lipinski definition) is 6. The van der Waals surface area contributed by atoms with Crippen LogP contribution in [0.1, 0.15) is 60.4 Å². The van der Waals surface area contributed by atoms with Gasteiger partial charge in [0.1, 0.15) is 17.5 Å². The van der Waals surface area contributed by atoms with Crippen molar-refractivity contribution in [1.29, 1.82) is 0 Å². The molecule has 1 atom stereocenters. The highest BCUT2D eigenvalue weighted by Crippen LogP contribution is 2.42. The quantitative estimate of drug-likeness (QED) is 0.172. The predicted molar refractivity (Wildman–Crippen MR) is 163 cm³/mol. The average molecular weight is 692 g/mol. The Balaban J connectivity index is 1.75. The van der Waals surface area contributed by atoms with Crippen molar-refractivity contribution < 1.29 is 19.4 Å². The fourth-order valence-corrected chi connectivity index (χ4v) is 4.96. The van der Waals surface area contributed by atoms with E-state index in [0.717, 1.165) is 10.9 Å². The minimum absolute atomic E-state index is 0.0145. The zero-order valence-electron chi connectivity index (χ0n) is 22.0. The molecule has 0 saturated carbocycles. The molecule has 208 valence electrons. The number of aromatic carboxylic acids is 1. The lowest BCUT2D eigenvalue weighted by atomic mass is 10.1. The molecule has 1 N–H and O–H groups in total. The van der Waals surface area contributed by atoms with Gasteiger partial charge in [-0.05, 0) is 71.2 Å². The molecule has 0 spiro atoms. The molecule has 4 aromatic rings. The maximum absolute atomic E-state index is 13.5. The lowest BCUT2D eigenvalue weighted by Crippen LogP contribution is -2.23. The molecule has 40 heavy (non-hydrogen) atoms. The molecule has 0 aliphatic heterocycles. The Kier molecular flexibility index (Phi) is 9.65. The second kappa shape index (κ2) is 13.0. The van der Waals surface area contributed by atoms with E-state index < -0.39 is 5.97 Å². The number of hydrogen-bond donors (Lipinski definition) is 1. The van der Waals surface area contributed by atoms with Gasteiger partial charge in [0.15, 0.2) is 11.5 Å². The molecule has 0 fully saturated rings. The van der Waals surface area contributed by atoms with Gasteiger partial charge in [0.2, 0.25) is 0 Å². The summed E-state index contributed by atoms with van der Waals surface area (Å²) in [6.45, 7) is 6.28. The Labute approximate surface area is 252 Å². The van der Waals surface area contributed by atoms with Crippen LogP contribution in [-0.2, 0) is 6.61 Å². The number of rotatable bonds is 10. The number of benzene rings is 3. The predicted octanol–water partition coefficient (Wildman–Crippen LogP) is 7.65. The number of halogens is 3. The first-order valence-electron chi connectivity index (χ1n) is 12.5. The fourth-order valence-electron chi connectivity index (χ4n) is 3.94. The highest BCUT2D eigenvalue weighted by molar-refractivity contribution is 9.10. The van der Waals surface area contributed by atoms with Crippen molar-refractivity contribution in [2.45, 2.75) is 39.7 Å². The molecule has 1 heterocycles. The molecule has 0 saturated heterocycles. The lowest BCUT2D eigenvalue weighted by Gasteiger charge is -2.17. The van der Waals surface area contributed by atoms with Gasteiger partial charge in [0.05, 0.1) is 29.3 Å². The number of carboxylic acid groups (broad SMARTS) is 1. The summed E-state index contributed by atoms with van der Waals surface area (Å²) in [5.41, 5.74) is 1.70. The Morgan fingerprint density at radius 1 is 1.18 bits per heavy atom. The van der Waals surface area contributed by atoms with Crippen LogP contribution in [0.25, 0.3) is 10.9 Å². The van der Waals surface area contributed by atoms with Gasteiger partial charge in [0.25, 0.3) is 5.56 Å². The lowest BCUT2D eigenvalue weighted by molar-refractivity contribution is 0.0696. The molecule has 0 aliphatic carbocycles. The first-order valence-corrected chi connectivity index (χ1v) is 14.5. The second-order valence-electron chi connectivity index (χ2n) is 8.95. The van der Waals surface area contributed by atoms with E-state index in [1.165, 1.54) is 23.0 Å². The van der Waals surface area contributed by atoms with Crippen molar-refractivity contribution in [3.8, 4) is 11.5 Å². The van der Waals surface area contributed by atoms with Crippen LogP contribution in [-0.4, -0.2) is 33.6 Å². The fraction of sp³-hybridized carbons (Fsp3) is 0.241. The van der Waals surface area contributed by atoms with Gasteiger partial charge in [-0.25, -0.2) is 9.78 Å². The minimum atomic E-state index is -1.02. The van der Waals surface area contributed by atoms with E-state index in [1.807, 2.05) is 32.9 Å². The molecule has 11 heteroatoms. The number of ether oxygens (including phenoxy) is 2. The standard InChI is InChI=1S/C29H26Br2ClN3O5/c1-4-16(3)27-34-22-10-9-20(30)13-21(22)28(36)35(27)33-14-19-12-23(39-5-2)26(25(32)24(19)31)40-15-17-7-6-8-18(11-17)29(37)38/h6-14,16H,4-5,15H2,1-3H3,(H,37,38)/t16-/m1/s1. The van der Waals surface area contributed by atoms with Crippen molar-refractivity contribution in [2.24, 2.45) is 5.10 Å². The average Bonchev–Trinajstić information content (AvgIpc) is 2.94. The molecule has 4 rings (SSSR count). The van der Waals surface area contributed by atoms with Crippen LogP contribution in [0, 0.1) is 0 Å². The third-order valence-corrected chi connectivity index (χ3v) is 8.15. The second-order valence-corrected chi connectivity index (χ2v) is 11.0. The summed E-state index contributed by atoms with van der Waals surface area (Å²) >= 11 is 13.7. The Morgan fingerprint density at radius 3 is 2.65 bits per heavy atom. The first kappa shape index (κ1) is 29.8. The summed E-state index contributed by atoms with van der Waals surface area (Å²) in [4.78, 5) is 29.5. The van der Waals surface area contributed by atoms with E-state index in [-0.39, 0.29) is 28.7 Å². The monoisotopic (exact) mass is 689 g/mol. The molecular weight excluding hydrogens is 666 g/mol. The SMILES string of the molecule is CCOc1cc(C=Nn2c([C@H](C)CC)nc3ccc(Br)cc3c2=O)c(Br)c(Cl)c1OCc1cccc(C(=O)O)c1. The van der Waals surface area contributed by atoms with E-state index in [2.05, 4.69) is 37.0 Å². The van der Waals surface area contributed by atoms with Crippen LogP contribution < -0.4 is 15.0 Å². The van der Waals surface area contributed by atoms with Gasteiger partial charge in [-0.1, -0.05) is 53.5 Å². The summed E-state index contributed by atoms with van der Waals surface area (Å²) < 4.78 is 14.4. The number of fused-ring (bicyclic) bond motifs is 1. The maximum Gasteiger partial charge on any atom is 0.335 e. The molecule has 0 radical (unpaired) electrons. The van der Waals surface area contributed by atoms with E-state index >= 15 is 0 Å². The van der Waals surface area contributed by atoms with Crippen LogP contribution in [0.15, 0.2) is 67.4 Å². The van der Waals surface area contributed by atoms with Crippen molar-refractivity contribution in [3.05, 3.63) is 95.4 Å². The van der Waals surface area contributed by atoms with Crippen molar-refractivity contribution in [1.82, 2.24) is 9.66 Å². The molecule has 0 amide bonds. The van der Waals surface area contributed by atoms with E-state index in [1.54, 1.807) is 24.3 Å². The van der Waals surface area contributed by atoms with Crippen LogP contribution in [0.2, 0.25) is 5.02 Å². The third-order valence-electron chi connectivity index (χ3n) is 6.21. The van der Waals surface area contributed by atoms with Gasteiger partial charge in [-0.15, -0.1) is 0 Å². The molecule has 0 unspecified atom stereocenters. The molecule has 0 bridgehead atoms. The Morgan fingerprint density at radius 2 is 1.95 bits per heavy atom. The van der Waals surface area contributed by atoms with Crippen LogP contribution >= 0.6 is 43.5 Å². The van der Waals surface area contributed by atoms with Crippen molar-refractivity contribution in [2.75, 3.05) is 6.61 Å². The summed E-state index contributed by atoms with van der Waals surface area (Å²) in [6, 6.07) is 13.6. The highest BCUT2D eigenvalue weighted by Gasteiger charge is 2.19. The van der Waals surface area contributed by atoms with Crippen LogP contribution in [0.5, 0.6) is 11.5 Å². The largest absolute Gasteiger partial charge is 0.490 e. The Bertz CT molecular complexity index is 1670. The first-order chi connectivity index (χ1) is 19.1. The minimum Gasteiger partial charge on any atom is -0.490 e. The van der Waals surface area contributed by atoms with Gasteiger partial charge >= 0.3 is 5.97 Å². The van der Waals surface area contributed by atoms with Gasteiger partial charge in [-0.3, -0.25) is 4.79 Å².